The van der Waals surface area contributed by atoms with Crippen molar-refractivity contribution in [1.82, 2.24) is 3.11 Å². The second-order valence-electron chi connectivity index (χ2n) is 4.80. The molecular formula is C10H18INO. The van der Waals surface area contributed by atoms with E-state index in [-0.39, 0.29) is 5.60 Å². The van der Waals surface area contributed by atoms with E-state index in [9.17, 15) is 0 Å². The van der Waals surface area contributed by atoms with E-state index in [1.165, 1.54) is 19.4 Å². The lowest BCUT2D eigenvalue weighted by atomic mass is 9.87. The summed E-state index contributed by atoms with van der Waals surface area (Å²) in [6.07, 6.45) is 2.52. The summed E-state index contributed by atoms with van der Waals surface area (Å²) in [4.78, 5) is 0. The molecule has 2 fully saturated rings. The Hall–Kier alpha value is 0.650. The van der Waals surface area contributed by atoms with Gasteiger partial charge in [0.15, 0.2) is 0 Å². The molecule has 2 rings (SSSR count). The highest BCUT2D eigenvalue weighted by Crippen LogP contribution is 2.41. The Morgan fingerprint density at radius 1 is 1.54 bits per heavy atom. The molecule has 0 amide bonds. The van der Waals surface area contributed by atoms with Crippen LogP contribution in [0.3, 0.4) is 0 Å². The predicted octanol–water partition coefficient (Wildman–Crippen LogP) is 2.47. The number of rotatable bonds is 1. The third-order valence-electron chi connectivity index (χ3n) is 3.45. The van der Waals surface area contributed by atoms with Gasteiger partial charge in [-0.3, -0.25) is 0 Å². The van der Waals surface area contributed by atoms with Crippen LogP contribution in [0, 0.1) is 11.8 Å². The SMILES string of the molecule is CC(C)C1COC2(CCN(I)C2)C1. The lowest BCUT2D eigenvalue weighted by molar-refractivity contribution is 0.0170. The number of hydrogen-bond acceptors (Lipinski definition) is 2. The molecule has 2 heterocycles. The minimum absolute atomic E-state index is 0.232. The zero-order chi connectivity index (χ0) is 9.47. The van der Waals surface area contributed by atoms with Gasteiger partial charge in [0.25, 0.3) is 0 Å². The predicted molar refractivity (Wildman–Crippen MR) is 61.8 cm³/mol. The lowest BCUT2D eigenvalue weighted by Gasteiger charge is -2.22. The van der Waals surface area contributed by atoms with Crippen molar-refractivity contribution in [2.24, 2.45) is 11.8 Å². The Kier molecular flexibility index (Phi) is 2.87. The first-order valence-electron chi connectivity index (χ1n) is 5.16. The third kappa shape index (κ3) is 2.02. The van der Waals surface area contributed by atoms with E-state index in [4.69, 9.17) is 4.74 Å². The number of ether oxygens (including phenoxy) is 1. The quantitative estimate of drug-likeness (QED) is 0.544. The van der Waals surface area contributed by atoms with E-state index in [1.807, 2.05) is 0 Å². The topological polar surface area (TPSA) is 12.5 Å². The maximum Gasteiger partial charge on any atom is 0.0833 e. The first-order valence-corrected chi connectivity index (χ1v) is 6.12. The molecule has 0 aromatic rings. The fourth-order valence-corrected chi connectivity index (χ4v) is 3.25. The van der Waals surface area contributed by atoms with Gasteiger partial charge in [-0.1, -0.05) is 13.8 Å². The van der Waals surface area contributed by atoms with Crippen molar-refractivity contribution in [3.05, 3.63) is 0 Å². The minimum Gasteiger partial charge on any atom is -0.373 e. The van der Waals surface area contributed by atoms with Gasteiger partial charge in [0.1, 0.15) is 0 Å². The monoisotopic (exact) mass is 295 g/mol. The fourth-order valence-electron chi connectivity index (χ4n) is 2.39. The molecule has 2 unspecified atom stereocenters. The van der Waals surface area contributed by atoms with Crippen LogP contribution in [0.4, 0.5) is 0 Å². The largest absolute Gasteiger partial charge is 0.373 e. The van der Waals surface area contributed by atoms with Gasteiger partial charge in [-0.05, 0) is 24.7 Å². The maximum absolute atomic E-state index is 6.00. The zero-order valence-corrected chi connectivity index (χ0v) is 10.6. The van der Waals surface area contributed by atoms with Crippen molar-refractivity contribution in [2.45, 2.75) is 32.3 Å². The van der Waals surface area contributed by atoms with Gasteiger partial charge >= 0.3 is 0 Å². The summed E-state index contributed by atoms with van der Waals surface area (Å²) < 4.78 is 8.36. The smallest absolute Gasteiger partial charge is 0.0833 e. The van der Waals surface area contributed by atoms with Crippen LogP contribution in [0.25, 0.3) is 0 Å². The van der Waals surface area contributed by atoms with Crippen LogP contribution in [-0.4, -0.2) is 28.4 Å². The Labute approximate surface area is 94.5 Å². The average Bonchev–Trinajstić information content (AvgIpc) is 2.61. The molecule has 2 nitrogen and oxygen atoms in total. The molecule has 2 aliphatic heterocycles. The number of nitrogens with zero attached hydrogens (tertiary/aromatic N) is 1. The highest BCUT2D eigenvalue weighted by atomic mass is 127. The maximum atomic E-state index is 6.00. The van der Waals surface area contributed by atoms with Crippen molar-refractivity contribution in [2.75, 3.05) is 19.7 Å². The van der Waals surface area contributed by atoms with Crippen molar-refractivity contribution in [3.63, 3.8) is 0 Å². The second kappa shape index (κ2) is 3.66. The summed E-state index contributed by atoms with van der Waals surface area (Å²) >= 11 is 2.41. The highest BCUT2D eigenvalue weighted by Gasteiger charge is 2.45. The van der Waals surface area contributed by atoms with Crippen molar-refractivity contribution >= 4 is 22.9 Å². The van der Waals surface area contributed by atoms with Gasteiger partial charge in [-0.25, -0.2) is 3.11 Å². The molecular weight excluding hydrogens is 277 g/mol. The van der Waals surface area contributed by atoms with Gasteiger partial charge in [0.2, 0.25) is 0 Å². The van der Waals surface area contributed by atoms with Crippen LogP contribution < -0.4 is 0 Å². The Morgan fingerprint density at radius 3 is 2.77 bits per heavy atom. The van der Waals surface area contributed by atoms with E-state index in [2.05, 4.69) is 39.8 Å². The van der Waals surface area contributed by atoms with E-state index >= 15 is 0 Å². The van der Waals surface area contributed by atoms with Crippen LogP contribution in [0.1, 0.15) is 26.7 Å². The molecule has 0 radical (unpaired) electrons. The molecule has 0 aromatic heterocycles. The zero-order valence-electron chi connectivity index (χ0n) is 8.42. The summed E-state index contributed by atoms with van der Waals surface area (Å²) in [5, 5.41) is 0. The number of hydrogen-bond donors (Lipinski definition) is 0. The standard InChI is InChI=1S/C10H18INO/c1-8(2)9-5-10(13-6-9)3-4-12(11)7-10/h8-9H,3-7H2,1-2H3. The van der Waals surface area contributed by atoms with Gasteiger partial charge < -0.3 is 4.74 Å². The van der Waals surface area contributed by atoms with Crippen LogP contribution in [0.2, 0.25) is 0 Å². The van der Waals surface area contributed by atoms with Crippen molar-refractivity contribution < 1.29 is 4.74 Å². The molecule has 0 saturated carbocycles. The Bertz CT molecular complexity index is 197. The Balaban J connectivity index is 1.97. The second-order valence-corrected chi connectivity index (χ2v) is 6.16. The van der Waals surface area contributed by atoms with Crippen LogP contribution in [-0.2, 0) is 4.74 Å². The number of halogens is 1. The van der Waals surface area contributed by atoms with Gasteiger partial charge in [0, 0.05) is 36.0 Å². The molecule has 3 heteroatoms. The molecule has 0 bridgehead atoms. The highest BCUT2D eigenvalue weighted by molar-refractivity contribution is 14.1. The summed E-state index contributed by atoms with van der Waals surface area (Å²) in [6, 6.07) is 0. The first kappa shape index (κ1) is 10.2. The molecule has 1 spiro atoms. The van der Waals surface area contributed by atoms with E-state index < -0.39 is 0 Å². The third-order valence-corrected chi connectivity index (χ3v) is 4.27. The molecule has 0 N–H and O–H groups in total. The van der Waals surface area contributed by atoms with Gasteiger partial charge in [-0.2, -0.15) is 0 Å². The first-order chi connectivity index (χ1) is 6.11. The van der Waals surface area contributed by atoms with Crippen molar-refractivity contribution in [3.8, 4) is 0 Å². The van der Waals surface area contributed by atoms with Crippen LogP contribution in [0.5, 0.6) is 0 Å². The van der Waals surface area contributed by atoms with Gasteiger partial charge in [-0.15, -0.1) is 0 Å². The summed E-state index contributed by atoms with van der Waals surface area (Å²) in [5.41, 5.74) is 0.232. The minimum atomic E-state index is 0.232. The molecule has 2 atom stereocenters. The molecule has 13 heavy (non-hydrogen) atoms. The Morgan fingerprint density at radius 2 is 2.31 bits per heavy atom. The summed E-state index contributed by atoms with van der Waals surface area (Å²) in [7, 11) is 0. The molecule has 2 saturated heterocycles. The van der Waals surface area contributed by atoms with E-state index in [1.54, 1.807) is 0 Å². The molecule has 76 valence electrons. The van der Waals surface area contributed by atoms with E-state index in [0.717, 1.165) is 25.0 Å². The molecule has 2 aliphatic rings. The van der Waals surface area contributed by atoms with E-state index in [0.29, 0.717) is 0 Å². The van der Waals surface area contributed by atoms with Crippen LogP contribution >= 0.6 is 22.9 Å². The molecule has 0 aromatic carbocycles. The average molecular weight is 295 g/mol. The van der Waals surface area contributed by atoms with Crippen LogP contribution in [0.15, 0.2) is 0 Å². The van der Waals surface area contributed by atoms with Crippen molar-refractivity contribution in [1.29, 1.82) is 0 Å². The van der Waals surface area contributed by atoms with Gasteiger partial charge in [0.05, 0.1) is 12.2 Å². The summed E-state index contributed by atoms with van der Waals surface area (Å²) in [5.74, 6) is 1.57. The normalized spacial score (nSPS) is 41.1. The lowest BCUT2D eigenvalue weighted by Crippen LogP contribution is -2.30. The summed E-state index contributed by atoms with van der Waals surface area (Å²) in [6.45, 7) is 7.94. The molecule has 0 aliphatic carbocycles. The fraction of sp³-hybridized carbons (Fsp3) is 1.00.